The van der Waals surface area contributed by atoms with Crippen molar-refractivity contribution in [3.8, 4) is 11.1 Å². The predicted molar refractivity (Wildman–Crippen MR) is 127 cm³/mol. The Labute approximate surface area is 197 Å². The number of anilines is 2. The molecule has 34 heavy (non-hydrogen) atoms. The molecular formula is C24H23N3O6S. The van der Waals surface area contributed by atoms with Gasteiger partial charge in [-0.2, -0.15) is 4.72 Å². The first-order chi connectivity index (χ1) is 16.2. The zero-order chi connectivity index (χ0) is 24.6. The summed E-state index contributed by atoms with van der Waals surface area (Å²) in [4.78, 5) is 35.2. The Morgan fingerprint density at radius 3 is 2.15 bits per heavy atom. The van der Waals surface area contributed by atoms with Gasteiger partial charge in [0.2, 0.25) is 15.9 Å². The second kappa shape index (κ2) is 11.2. The number of rotatable bonds is 9. The molecule has 0 saturated heterocycles. The molecule has 0 fully saturated rings. The summed E-state index contributed by atoms with van der Waals surface area (Å²) in [7, 11) is -3.99. The fourth-order valence-electron chi connectivity index (χ4n) is 3.00. The van der Waals surface area contributed by atoms with Gasteiger partial charge in [-0.05, 0) is 35.9 Å². The number of nitrogens with one attached hydrogen (secondary N) is 3. The van der Waals surface area contributed by atoms with Crippen LogP contribution < -0.4 is 15.4 Å². The lowest BCUT2D eigenvalue weighted by Gasteiger charge is -2.12. The first-order valence-electron chi connectivity index (χ1n) is 10.2. The van der Waals surface area contributed by atoms with Crippen LogP contribution in [0.1, 0.15) is 6.92 Å². The van der Waals surface area contributed by atoms with Crippen LogP contribution in [-0.4, -0.2) is 39.4 Å². The molecule has 3 N–H and O–H groups in total. The van der Waals surface area contributed by atoms with Gasteiger partial charge in [-0.1, -0.05) is 48.5 Å². The number of ether oxygens (including phenoxy) is 1. The van der Waals surface area contributed by atoms with Crippen molar-refractivity contribution in [1.82, 2.24) is 4.72 Å². The lowest BCUT2D eigenvalue weighted by Crippen LogP contribution is -2.32. The molecule has 3 rings (SSSR count). The highest BCUT2D eigenvalue weighted by Gasteiger charge is 2.17. The van der Waals surface area contributed by atoms with Crippen molar-refractivity contribution in [2.75, 3.05) is 23.8 Å². The molecule has 0 radical (unpaired) electrons. The summed E-state index contributed by atoms with van der Waals surface area (Å²) in [5.74, 6) is -1.76. The number of amides is 2. The highest BCUT2D eigenvalue weighted by molar-refractivity contribution is 7.89. The molecule has 3 aromatic rings. The number of carbonyl (C=O) groups is 3. The van der Waals surface area contributed by atoms with E-state index in [4.69, 9.17) is 4.74 Å². The van der Waals surface area contributed by atoms with Crippen molar-refractivity contribution in [3.05, 3.63) is 78.9 Å². The monoisotopic (exact) mass is 481 g/mol. The van der Waals surface area contributed by atoms with Crippen LogP contribution in [0.3, 0.4) is 0 Å². The summed E-state index contributed by atoms with van der Waals surface area (Å²) in [6, 6.07) is 22.1. The Kier molecular flexibility index (Phi) is 8.12. The maximum absolute atomic E-state index is 12.3. The number of hydrogen-bond acceptors (Lipinski definition) is 6. The Morgan fingerprint density at radius 1 is 0.824 bits per heavy atom. The van der Waals surface area contributed by atoms with Crippen molar-refractivity contribution in [3.63, 3.8) is 0 Å². The van der Waals surface area contributed by atoms with E-state index in [0.717, 1.165) is 11.1 Å². The summed E-state index contributed by atoms with van der Waals surface area (Å²) in [6.07, 6.45) is 0. The quantitative estimate of drug-likeness (QED) is 0.403. The maximum atomic E-state index is 12.3. The van der Waals surface area contributed by atoms with E-state index >= 15 is 0 Å². The number of para-hydroxylation sites is 1. The normalized spacial score (nSPS) is 10.9. The van der Waals surface area contributed by atoms with Crippen molar-refractivity contribution in [1.29, 1.82) is 0 Å². The average Bonchev–Trinajstić information content (AvgIpc) is 2.82. The van der Waals surface area contributed by atoms with E-state index in [2.05, 4.69) is 15.4 Å². The molecule has 0 unspecified atom stereocenters. The molecule has 0 aliphatic rings. The van der Waals surface area contributed by atoms with Gasteiger partial charge in [-0.3, -0.25) is 14.4 Å². The standard InChI is InChI=1S/C24H23N3O6S/c1-17(28)26-19-11-13-20(14-12-19)34(31,32)25-15-24(30)33-16-23(29)27-22-10-6-5-9-21(22)18-7-3-2-4-8-18/h2-14,25H,15-16H2,1H3,(H,26,28)(H,27,29). The van der Waals surface area contributed by atoms with E-state index in [1.165, 1.54) is 31.2 Å². The van der Waals surface area contributed by atoms with Gasteiger partial charge >= 0.3 is 5.97 Å². The molecule has 10 heteroatoms. The molecule has 3 aromatic carbocycles. The molecule has 0 aliphatic carbocycles. The average molecular weight is 482 g/mol. The van der Waals surface area contributed by atoms with E-state index < -0.39 is 35.1 Å². The van der Waals surface area contributed by atoms with E-state index in [1.807, 2.05) is 42.5 Å². The zero-order valence-corrected chi connectivity index (χ0v) is 19.1. The molecule has 0 aromatic heterocycles. The van der Waals surface area contributed by atoms with Gasteiger partial charge in [0.05, 0.1) is 4.90 Å². The van der Waals surface area contributed by atoms with E-state index in [9.17, 15) is 22.8 Å². The summed E-state index contributed by atoms with van der Waals surface area (Å²) in [5, 5.41) is 5.22. The van der Waals surface area contributed by atoms with E-state index in [0.29, 0.717) is 11.4 Å². The van der Waals surface area contributed by atoms with E-state index in [1.54, 1.807) is 12.1 Å². The minimum absolute atomic E-state index is 0.0929. The van der Waals surface area contributed by atoms with Crippen LogP contribution in [0, 0.1) is 0 Å². The number of carbonyl (C=O) groups excluding carboxylic acids is 3. The lowest BCUT2D eigenvalue weighted by atomic mass is 10.0. The number of hydrogen-bond donors (Lipinski definition) is 3. The van der Waals surface area contributed by atoms with Crippen LogP contribution in [0.4, 0.5) is 11.4 Å². The smallest absolute Gasteiger partial charge is 0.321 e. The first kappa shape index (κ1) is 24.6. The molecule has 0 atom stereocenters. The Hall–Kier alpha value is -4.02. The Bertz CT molecular complexity index is 1280. The van der Waals surface area contributed by atoms with Crippen molar-refractivity contribution in [2.24, 2.45) is 0 Å². The minimum atomic E-state index is -3.99. The van der Waals surface area contributed by atoms with Crippen LogP contribution >= 0.6 is 0 Å². The van der Waals surface area contributed by atoms with Crippen LogP contribution in [0.5, 0.6) is 0 Å². The summed E-state index contributed by atoms with van der Waals surface area (Å²) >= 11 is 0. The van der Waals surface area contributed by atoms with Gasteiger partial charge in [0.25, 0.3) is 5.91 Å². The fourth-order valence-corrected chi connectivity index (χ4v) is 3.97. The summed E-state index contributed by atoms with van der Waals surface area (Å²) in [5.41, 5.74) is 2.71. The van der Waals surface area contributed by atoms with Crippen molar-refractivity contribution in [2.45, 2.75) is 11.8 Å². The molecule has 0 spiro atoms. The number of sulfonamides is 1. The van der Waals surface area contributed by atoms with Gasteiger partial charge in [-0.25, -0.2) is 8.42 Å². The topological polar surface area (TPSA) is 131 Å². The SMILES string of the molecule is CC(=O)Nc1ccc(S(=O)(=O)NCC(=O)OCC(=O)Nc2ccccc2-c2ccccc2)cc1. The third kappa shape index (κ3) is 6.99. The van der Waals surface area contributed by atoms with Crippen LogP contribution in [0.25, 0.3) is 11.1 Å². The molecular weight excluding hydrogens is 458 g/mol. The molecule has 0 aliphatic heterocycles. The molecule has 0 heterocycles. The largest absolute Gasteiger partial charge is 0.455 e. The van der Waals surface area contributed by atoms with Gasteiger partial charge in [0.15, 0.2) is 6.61 Å². The second-order valence-corrected chi connectivity index (χ2v) is 8.92. The van der Waals surface area contributed by atoms with Gasteiger partial charge in [0, 0.05) is 23.9 Å². The van der Waals surface area contributed by atoms with Crippen LogP contribution in [0.15, 0.2) is 83.8 Å². The Morgan fingerprint density at radius 2 is 1.47 bits per heavy atom. The van der Waals surface area contributed by atoms with Crippen LogP contribution in [-0.2, 0) is 29.1 Å². The fraction of sp³-hybridized carbons (Fsp3) is 0.125. The van der Waals surface area contributed by atoms with Gasteiger partial charge in [0.1, 0.15) is 6.54 Å². The zero-order valence-electron chi connectivity index (χ0n) is 18.3. The van der Waals surface area contributed by atoms with E-state index in [-0.39, 0.29) is 10.8 Å². The highest BCUT2D eigenvalue weighted by atomic mass is 32.2. The molecule has 0 bridgehead atoms. The number of benzene rings is 3. The minimum Gasteiger partial charge on any atom is -0.455 e. The predicted octanol–water partition coefficient (Wildman–Crippen LogP) is 2.77. The molecule has 0 saturated carbocycles. The lowest BCUT2D eigenvalue weighted by molar-refractivity contribution is -0.146. The molecule has 9 nitrogen and oxygen atoms in total. The second-order valence-electron chi connectivity index (χ2n) is 7.15. The summed E-state index contributed by atoms with van der Waals surface area (Å²) in [6.45, 7) is 0.110. The van der Waals surface area contributed by atoms with Crippen molar-refractivity contribution < 1.29 is 27.5 Å². The summed E-state index contributed by atoms with van der Waals surface area (Å²) < 4.78 is 31.7. The first-order valence-corrected chi connectivity index (χ1v) is 11.7. The van der Waals surface area contributed by atoms with Crippen molar-refractivity contribution >= 4 is 39.2 Å². The third-order valence-electron chi connectivity index (χ3n) is 4.54. The number of esters is 1. The third-order valence-corrected chi connectivity index (χ3v) is 5.96. The van der Waals surface area contributed by atoms with Gasteiger partial charge < -0.3 is 15.4 Å². The molecule has 2 amide bonds. The Balaban J connectivity index is 1.51. The highest BCUT2D eigenvalue weighted by Crippen LogP contribution is 2.27. The van der Waals surface area contributed by atoms with Gasteiger partial charge in [-0.15, -0.1) is 0 Å². The maximum Gasteiger partial charge on any atom is 0.321 e. The van der Waals surface area contributed by atoms with Crippen LogP contribution in [0.2, 0.25) is 0 Å². The molecule has 176 valence electrons.